The van der Waals surface area contributed by atoms with E-state index in [0.717, 1.165) is 12.1 Å². The van der Waals surface area contributed by atoms with E-state index >= 15 is 0 Å². The number of primary amides is 1. The predicted molar refractivity (Wildman–Crippen MR) is 104 cm³/mol. The molecule has 1 heterocycles. The number of aliphatic hydroxyl groups is 1. The number of nitrogens with zero attached hydrogens (tertiary/aromatic N) is 1. The highest BCUT2D eigenvalue weighted by Gasteiger charge is 2.31. The van der Waals surface area contributed by atoms with E-state index in [2.05, 4.69) is 15.6 Å². The molecule has 1 unspecified atom stereocenters. The molecule has 0 bridgehead atoms. The SMILES string of the molecule is CNC(C)/C(C(N)=O)=C(/CO)Nc1ccnc(Cc2cc(F)cc(C(F)(F)F)c2)c1. The number of benzene rings is 1. The molecular weight excluding hydrogens is 404 g/mol. The number of rotatable bonds is 8. The van der Waals surface area contributed by atoms with Crippen molar-refractivity contribution in [3.05, 3.63) is 70.4 Å². The average molecular weight is 426 g/mol. The number of aliphatic hydroxyl groups excluding tert-OH is 1. The Bertz CT molecular complexity index is 945. The third-order valence-electron chi connectivity index (χ3n) is 4.40. The first-order valence-corrected chi connectivity index (χ1v) is 8.94. The van der Waals surface area contributed by atoms with Crippen molar-refractivity contribution >= 4 is 11.6 Å². The number of amides is 1. The number of likely N-dealkylation sites (N-methyl/N-ethyl adjacent to an activating group) is 1. The van der Waals surface area contributed by atoms with Crippen LogP contribution < -0.4 is 16.4 Å². The molecule has 5 N–H and O–H groups in total. The monoisotopic (exact) mass is 426 g/mol. The second-order valence-corrected chi connectivity index (χ2v) is 6.61. The van der Waals surface area contributed by atoms with Gasteiger partial charge in [-0.15, -0.1) is 0 Å². The molecule has 2 rings (SSSR count). The number of nitrogens with two attached hydrogens (primary N) is 1. The van der Waals surface area contributed by atoms with Gasteiger partial charge < -0.3 is 21.5 Å². The molecule has 0 fully saturated rings. The summed E-state index contributed by atoms with van der Waals surface area (Å²) in [6.07, 6.45) is -3.31. The molecular formula is C20H22F4N4O2. The van der Waals surface area contributed by atoms with E-state index in [9.17, 15) is 27.5 Å². The molecule has 0 saturated heterocycles. The van der Waals surface area contributed by atoms with Gasteiger partial charge in [-0.3, -0.25) is 9.78 Å². The highest BCUT2D eigenvalue weighted by atomic mass is 19.4. The largest absolute Gasteiger partial charge is 0.416 e. The van der Waals surface area contributed by atoms with Gasteiger partial charge in [0.1, 0.15) is 5.82 Å². The van der Waals surface area contributed by atoms with Gasteiger partial charge in [-0.1, -0.05) is 0 Å². The Kier molecular flexibility index (Phi) is 7.52. The molecule has 0 spiro atoms. The maximum atomic E-state index is 13.6. The highest BCUT2D eigenvalue weighted by Crippen LogP contribution is 2.31. The molecule has 1 aromatic carbocycles. The van der Waals surface area contributed by atoms with E-state index in [1.165, 1.54) is 12.3 Å². The van der Waals surface area contributed by atoms with Crippen LogP contribution in [0.5, 0.6) is 0 Å². The fraction of sp³-hybridized carbons (Fsp3) is 0.300. The van der Waals surface area contributed by atoms with Crippen LogP contribution in [0, 0.1) is 5.82 Å². The lowest BCUT2D eigenvalue weighted by Gasteiger charge is -2.18. The van der Waals surface area contributed by atoms with Crippen LogP contribution >= 0.6 is 0 Å². The Labute approximate surface area is 170 Å². The van der Waals surface area contributed by atoms with Crippen molar-refractivity contribution in [3.63, 3.8) is 0 Å². The van der Waals surface area contributed by atoms with Gasteiger partial charge >= 0.3 is 6.18 Å². The van der Waals surface area contributed by atoms with Crippen molar-refractivity contribution in [3.8, 4) is 0 Å². The molecule has 2 aromatic rings. The van der Waals surface area contributed by atoms with Crippen molar-refractivity contribution in [2.75, 3.05) is 19.0 Å². The van der Waals surface area contributed by atoms with Crippen LogP contribution in [0.2, 0.25) is 0 Å². The van der Waals surface area contributed by atoms with Crippen LogP contribution in [0.25, 0.3) is 0 Å². The van der Waals surface area contributed by atoms with Gasteiger partial charge in [-0.25, -0.2) is 4.39 Å². The Morgan fingerprint density at radius 1 is 1.27 bits per heavy atom. The predicted octanol–water partition coefficient (Wildman–Crippen LogP) is 2.58. The number of anilines is 1. The number of pyridine rings is 1. The van der Waals surface area contributed by atoms with Crippen LogP contribution in [-0.4, -0.2) is 35.7 Å². The second kappa shape index (κ2) is 9.68. The Morgan fingerprint density at radius 2 is 1.97 bits per heavy atom. The van der Waals surface area contributed by atoms with Gasteiger partial charge in [0, 0.05) is 30.0 Å². The first-order chi connectivity index (χ1) is 14.0. The van der Waals surface area contributed by atoms with Gasteiger partial charge in [0.2, 0.25) is 5.91 Å². The standard InChI is InChI=1S/C20H22F4N4O2/c1-11(26-2)18(19(25)30)17(10-29)28-15-3-4-27-16(9-15)7-12-5-13(20(22,23)24)8-14(21)6-12/h3-6,8-9,11,26,29H,7,10H2,1-2H3,(H2,25,30)(H,27,28)/b18-17+. The molecule has 1 aromatic heterocycles. The van der Waals surface area contributed by atoms with Crippen molar-refractivity contribution in [1.29, 1.82) is 0 Å². The van der Waals surface area contributed by atoms with Crippen molar-refractivity contribution in [2.45, 2.75) is 25.6 Å². The third-order valence-corrected chi connectivity index (χ3v) is 4.40. The van der Waals surface area contributed by atoms with E-state index in [1.807, 2.05) is 0 Å². The molecule has 1 amide bonds. The van der Waals surface area contributed by atoms with Crippen molar-refractivity contribution < 1.29 is 27.5 Å². The average Bonchev–Trinajstić information content (AvgIpc) is 2.66. The Balaban J connectivity index is 2.33. The third kappa shape index (κ3) is 6.01. The molecule has 10 heteroatoms. The second-order valence-electron chi connectivity index (χ2n) is 6.61. The first-order valence-electron chi connectivity index (χ1n) is 8.94. The number of aromatic nitrogens is 1. The summed E-state index contributed by atoms with van der Waals surface area (Å²) in [5.74, 6) is -1.71. The summed E-state index contributed by atoms with van der Waals surface area (Å²) >= 11 is 0. The normalized spacial score (nSPS) is 13.6. The highest BCUT2D eigenvalue weighted by molar-refractivity contribution is 5.94. The summed E-state index contributed by atoms with van der Waals surface area (Å²) < 4.78 is 52.3. The molecule has 0 aliphatic heterocycles. The number of carbonyl (C=O) groups is 1. The van der Waals surface area contributed by atoms with Crippen LogP contribution in [-0.2, 0) is 17.4 Å². The van der Waals surface area contributed by atoms with Crippen molar-refractivity contribution in [1.82, 2.24) is 10.3 Å². The van der Waals surface area contributed by atoms with Crippen LogP contribution in [0.1, 0.15) is 23.7 Å². The minimum Gasteiger partial charge on any atom is -0.390 e. The zero-order chi connectivity index (χ0) is 22.5. The molecule has 6 nitrogen and oxygen atoms in total. The minimum atomic E-state index is -4.66. The lowest BCUT2D eigenvalue weighted by molar-refractivity contribution is -0.137. The van der Waals surface area contributed by atoms with Gasteiger partial charge in [0.15, 0.2) is 0 Å². The van der Waals surface area contributed by atoms with Gasteiger partial charge in [0.05, 0.1) is 23.4 Å². The number of alkyl halides is 3. The summed E-state index contributed by atoms with van der Waals surface area (Å²) in [5, 5.41) is 15.4. The van der Waals surface area contributed by atoms with Gasteiger partial charge in [0.25, 0.3) is 0 Å². The Hall–Kier alpha value is -2.98. The molecule has 162 valence electrons. The van der Waals surface area contributed by atoms with E-state index < -0.39 is 36.1 Å². The zero-order valence-electron chi connectivity index (χ0n) is 16.3. The van der Waals surface area contributed by atoms with Crippen LogP contribution in [0.4, 0.5) is 23.2 Å². The topological polar surface area (TPSA) is 100 Å². The molecule has 0 aliphatic carbocycles. The maximum absolute atomic E-state index is 13.6. The molecule has 0 radical (unpaired) electrons. The minimum absolute atomic E-state index is 0.0515. The van der Waals surface area contributed by atoms with E-state index in [1.54, 1.807) is 20.0 Å². The van der Waals surface area contributed by atoms with Gasteiger partial charge in [-0.05, 0) is 49.9 Å². The molecule has 0 saturated carbocycles. The smallest absolute Gasteiger partial charge is 0.390 e. The summed E-state index contributed by atoms with van der Waals surface area (Å²) in [5.41, 5.74) is 5.55. The fourth-order valence-corrected chi connectivity index (χ4v) is 2.91. The summed E-state index contributed by atoms with van der Waals surface area (Å²) in [6.45, 7) is 1.19. The lowest BCUT2D eigenvalue weighted by atomic mass is 10.0. The summed E-state index contributed by atoms with van der Waals surface area (Å²) in [7, 11) is 1.63. The van der Waals surface area contributed by atoms with Crippen LogP contribution in [0.15, 0.2) is 47.8 Å². The summed E-state index contributed by atoms with van der Waals surface area (Å²) in [6, 6.07) is 4.94. The summed E-state index contributed by atoms with van der Waals surface area (Å²) in [4.78, 5) is 15.9. The lowest BCUT2D eigenvalue weighted by Crippen LogP contribution is -2.34. The molecule has 1 atom stereocenters. The quantitative estimate of drug-likeness (QED) is 0.384. The van der Waals surface area contributed by atoms with E-state index in [-0.39, 0.29) is 23.3 Å². The van der Waals surface area contributed by atoms with E-state index in [0.29, 0.717) is 17.4 Å². The Morgan fingerprint density at radius 3 is 2.53 bits per heavy atom. The first kappa shape index (κ1) is 23.3. The van der Waals surface area contributed by atoms with Crippen molar-refractivity contribution in [2.24, 2.45) is 5.73 Å². The number of hydrogen-bond acceptors (Lipinski definition) is 5. The van der Waals surface area contributed by atoms with E-state index in [4.69, 9.17) is 5.73 Å². The molecule has 0 aliphatic rings. The number of hydrogen-bond donors (Lipinski definition) is 4. The zero-order valence-corrected chi connectivity index (χ0v) is 16.3. The van der Waals surface area contributed by atoms with Crippen LogP contribution in [0.3, 0.4) is 0 Å². The fourth-order valence-electron chi connectivity index (χ4n) is 2.91. The number of nitrogens with one attached hydrogen (secondary N) is 2. The number of carbonyl (C=O) groups excluding carboxylic acids is 1. The molecule has 30 heavy (non-hydrogen) atoms. The van der Waals surface area contributed by atoms with Gasteiger partial charge in [-0.2, -0.15) is 13.2 Å². The maximum Gasteiger partial charge on any atom is 0.416 e. The number of halogens is 4.